The van der Waals surface area contributed by atoms with Crippen LogP contribution < -0.4 is 5.73 Å². The molecule has 0 unspecified atom stereocenters. The van der Waals surface area contributed by atoms with Crippen molar-refractivity contribution in [3.63, 3.8) is 0 Å². The second-order valence-electron chi connectivity index (χ2n) is 4.26. The Kier molecular flexibility index (Phi) is 5.74. The van der Waals surface area contributed by atoms with Crippen LogP contribution in [0.3, 0.4) is 0 Å². The maximum atomic E-state index is 10.6. The normalized spacial score (nSPS) is 11.5. The fourth-order valence-corrected chi connectivity index (χ4v) is 1.62. The van der Waals surface area contributed by atoms with Gasteiger partial charge < -0.3 is 20.9 Å². The maximum Gasteiger partial charge on any atom is 0.320 e. The van der Waals surface area contributed by atoms with E-state index in [1.807, 2.05) is 30.5 Å². The number of nitrogens with two attached hydrogens (primary N) is 1. The Bertz CT molecular complexity index is 592. The van der Waals surface area contributed by atoms with Gasteiger partial charge in [-0.15, -0.1) is 0 Å². The van der Waals surface area contributed by atoms with Gasteiger partial charge in [0, 0.05) is 29.9 Å². The van der Waals surface area contributed by atoms with E-state index in [1.54, 1.807) is 6.92 Å². The first kappa shape index (κ1) is 15.7. The molecule has 20 heavy (non-hydrogen) atoms. The van der Waals surface area contributed by atoms with Crippen LogP contribution in [-0.2, 0) is 16.0 Å². The van der Waals surface area contributed by atoms with Crippen LogP contribution in [0, 0.1) is 0 Å². The van der Waals surface area contributed by atoms with Crippen molar-refractivity contribution in [1.29, 1.82) is 0 Å². The summed E-state index contributed by atoms with van der Waals surface area (Å²) in [5.74, 6) is -1.72. The Morgan fingerprint density at radius 1 is 1.30 bits per heavy atom. The van der Waals surface area contributed by atoms with E-state index in [2.05, 4.69) is 4.98 Å². The van der Waals surface area contributed by atoms with Crippen molar-refractivity contribution in [1.82, 2.24) is 4.98 Å². The summed E-state index contributed by atoms with van der Waals surface area (Å²) in [6.45, 7) is 1.60. The van der Waals surface area contributed by atoms with E-state index >= 15 is 0 Å². The molecule has 0 aliphatic heterocycles. The first-order valence-electron chi connectivity index (χ1n) is 6.20. The number of aromatic nitrogens is 1. The Morgan fingerprint density at radius 3 is 2.45 bits per heavy atom. The van der Waals surface area contributed by atoms with E-state index in [-0.39, 0.29) is 6.42 Å². The first-order valence-corrected chi connectivity index (χ1v) is 6.20. The molecular weight excluding hydrogens is 260 g/mol. The molecule has 0 spiro atoms. The molecule has 0 saturated carbocycles. The molecule has 0 amide bonds. The van der Waals surface area contributed by atoms with Crippen molar-refractivity contribution in [2.24, 2.45) is 5.73 Å². The predicted octanol–water partition coefficient (Wildman–Crippen LogP) is 1.60. The Hall–Kier alpha value is -2.34. The van der Waals surface area contributed by atoms with Crippen molar-refractivity contribution >= 4 is 22.8 Å². The zero-order valence-electron chi connectivity index (χ0n) is 11.2. The number of hydrogen-bond donors (Lipinski definition) is 4. The van der Waals surface area contributed by atoms with Gasteiger partial charge in [0.25, 0.3) is 0 Å². The van der Waals surface area contributed by atoms with Crippen LogP contribution in [0.25, 0.3) is 10.9 Å². The first-order chi connectivity index (χ1) is 9.45. The fourth-order valence-electron chi connectivity index (χ4n) is 1.62. The number of aromatic amines is 1. The van der Waals surface area contributed by atoms with Crippen LogP contribution >= 0.6 is 0 Å². The number of rotatable bonds is 4. The van der Waals surface area contributed by atoms with Crippen molar-refractivity contribution < 1.29 is 19.8 Å². The van der Waals surface area contributed by atoms with E-state index < -0.39 is 18.0 Å². The summed E-state index contributed by atoms with van der Waals surface area (Å²) in [6.07, 6.45) is 2.38. The van der Waals surface area contributed by atoms with E-state index in [0.717, 1.165) is 16.5 Å². The number of carboxylic acid groups (broad SMARTS) is 2. The lowest BCUT2D eigenvalue weighted by atomic mass is 10.1. The van der Waals surface area contributed by atoms with Crippen LogP contribution in [0.5, 0.6) is 0 Å². The van der Waals surface area contributed by atoms with E-state index in [0.29, 0.717) is 6.42 Å². The van der Waals surface area contributed by atoms with Crippen LogP contribution in [0.4, 0.5) is 0 Å². The molecule has 0 radical (unpaired) electrons. The minimum Gasteiger partial charge on any atom is -0.481 e. The molecule has 2 aromatic rings. The van der Waals surface area contributed by atoms with Gasteiger partial charge in [-0.2, -0.15) is 0 Å². The molecule has 5 N–H and O–H groups in total. The smallest absolute Gasteiger partial charge is 0.320 e. The summed E-state index contributed by atoms with van der Waals surface area (Å²) in [7, 11) is 0. The topological polar surface area (TPSA) is 116 Å². The third-order valence-corrected chi connectivity index (χ3v) is 2.73. The lowest BCUT2D eigenvalue weighted by Crippen LogP contribution is -2.32. The van der Waals surface area contributed by atoms with Crippen LogP contribution in [0.15, 0.2) is 30.5 Å². The average Bonchev–Trinajstić information content (AvgIpc) is 2.83. The molecule has 0 bridgehead atoms. The van der Waals surface area contributed by atoms with Gasteiger partial charge in [-0.1, -0.05) is 25.1 Å². The molecule has 1 heterocycles. The SMILES string of the molecule is CCC(=O)O.N[C@@H](Cc1c[nH]c2ccccc12)C(=O)O. The summed E-state index contributed by atoms with van der Waals surface area (Å²) < 4.78 is 0. The molecule has 0 aliphatic carbocycles. The maximum absolute atomic E-state index is 10.6. The summed E-state index contributed by atoms with van der Waals surface area (Å²) >= 11 is 0. The number of carboxylic acids is 2. The second kappa shape index (κ2) is 7.30. The molecule has 2 rings (SSSR count). The van der Waals surface area contributed by atoms with E-state index in [9.17, 15) is 9.59 Å². The van der Waals surface area contributed by atoms with Crippen molar-refractivity contribution in [3.8, 4) is 0 Å². The van der Waals surface area contributed by atoms with Gasteiger partial charge in [0.1, 0.15) is 6.04 Å². The predicted molar refractivity (Wildman–Crippen MR) is 75.5 cm³/mol. The number of nitrogens with one attached hydrogen (secondary N) is 1. The Labute approximate surface area is 116 Å². The lowest BCUT2D eigenvalue weighted by molar-refractivity contribution is -0.138. The van der Waals surface area contributed by atoms with Gasteiger partial charge in [0.2, 0.25) is 0 Å². The van der Waals surface area contributed by atoms with Gasteiger partial charge in [-0.05, 0) is 11.6 Å². The van der Waals surface area contributed by atoms with Gasteiger partial charge in [0.05, 0.1) is 0 Å². The van der Waals surface area contributed by atoms with Crippen molar-refractivity contribution in [2.75, 3.05) is 0 Å². The lowest BCUT2D eigenvalue weighted by Gasteiger charge is -2.04. The van der Waals surface area contributed by atoms with Gasteiger partial charge in [-0.25, -0.2) is 0 Å². The number of benzene rings is 1. The highest BCUT2D eigenvalue weighted by Crippen LogP contribution is 2.18. The van der Waals surface area contributed by atoms with E-state index in [1.165, 1.54) is 0 Å². The number of hydrogen-bond acceptors (Lipinski definition) is 3. The standard InChI is InChI=1S/C11H12N2O2.C3H6O2/c12-9(11(14)15)5-7-6-13-10-4-2-1-3-8(7)10;1-2-3(4)5/h1-4,6,9,13H,5,12H2,(H,14,15);2H2,1H3,(H,4,5)/t9-;/m0./s1. The van der Waals surface area contributed by atoms with Crippen LogP contribution in [0.1, 0.15) is 18.9 Å². The molecule has 6 heteroatoms. The summed E-state index contributed by atoms with van der Waals surface area (Å²) in [5, 5.41) is 17.5. The monoisotopic (exact) mass is 278 g/mol. The van der Waals surface area contributed by atoms with Gasteiger partial charge in [0.15, 0.2) is 0 Å². The second-order valence-corrected chi connectivity index (χ2v) is 4.26. The third kappa shape index (κ3) is 4.40. The highest BCUT2D eigenvalue weighted by atomic mass is 16.4. The quantitative estimate of drug-likeness (QED) is 0.677. The molecule has 108 valence electrons. The zero-order chi connectivity index (χ0) is 15.1. The summed E-state index contributed by atoms with van der Waals surface area (Å²) in [5.41, 5.74) is 7.43. The number of fused-ring (bicyclic) bond motifs is 1. The van der Waals surface area contributed by atoms with Crippen molar-refractivity contribution in [2.45, 2.75) is 25.8 Å². The molecule has 1 aromatic heterocycles. The zero-order valence-corrected chi connectivity index (χ0v) is 11.2. The minimum absolute atomic E-state index is 0.222. The Balaban J connectivity index is 0.000000347. The molecular formula is C14H18N2O4. The summed E-state index contributed by atoms with van der Waals surface area (Å²) in [4.78, 5) is 23.1. The number of para-hydroxylation sites is 1. The Morgan fingerprint density at radius 2 is 1.90 bits per heavy atom. The van der Waals surface area contributed by atoms with Gasteiger partial charge in [-0.3, -0.25) is 9.59 Å². The fraction of sp³-hybridized carbons (Fsp3) is 0.286. The highest BCUT2D eigenvalue weighted by Gasteiger charge is 2.14. The molecule has 0 saturated heterocycles. The number of aliphatic carboxylic acids is 2. The minimum atomic E-state index is -0.972. The molecule has 0 fully saturated rings. The molecule has 0 aliphatic rings. The largest absolute Gasteiger partial charge is 0.481 e. The molecule has 1 aromatic carbocycles. The highest BCUT2D eigenvalue weighted by molar-refractivity contribution is 5.84. The average molecular weight is 278 g/mol. The van der Waals surface area contributed by atoms with E-state index in [4.69, 9.17) is 15.9 Å². The van der Waals surface area contributed by atoms with Gasteiger partial charge >= 0.3 is 11.9 Å². The summed E-state index contributed by atoms with van der Waals surface area (Å²) in [6, 6.07) is 6.91. The number of H-pyrrole nitrogens is 1. The van der Waals surface area contributed by atoms with Crippen LogP contribution in [0.2, 0.25) is 0 Å². The molecule has 6 nitrogen and oxygen atoms in total. The van der Waals surface area contributed by atoms with Crippen LogP contribution in [-0.4, -0.2) is 33.2 Å². The third-order valence-electron chi connectivity index (χ3n) is 2.73. The van der Waals surface area contributed by atoms with Crippen molar-refractivity contribution in [3.05, 3.63) is 36.0 Å². The molecule has 1 atom stereocenters. The number of carbonyl (C=O) groups is 2.